The lowest BCUT2D eigenvalue weighted by Gasteiger charge is -1.88. The van der Waals surface area contributed by atoms with E-state index in [1.165, 1.54) is 0 Å². The minimum absolute atomic E-state index is 0.515. The fraction of sp³-hybridized carbons (Fsp3) is 0.125. The van der Waals surface area contributed by atoms with E-state index >= 15 is 0 Å². The van der Waals surface area contributed by atoms with Gasteiger partial charge in [-0.1, -0.05) is 30.3 Å². The van der Waals surface area contributed by atoms with Crippen LogP contribution >= 0.6 is 0 Å². The van der Waals surface area contributed by atoms with Gasteiger partial charge in [0, 0.05) is 0 Å². The van der Waals surface area contributed by atoms with Crippen molar-refractivity contribution in [2.75, 3.05) is 0 Å². The first-order chi connectivity index (χ1) is 4.43. The molecule has 0 fully saturated rings. The van der Waals surface area contributed by atoms with E-state index in [1.807, 2.05) is 30.3 Å². The highest BCUT2D eigenvalue weighted by Crippen LogP contribution is 1.96. The molecule has 0 heterocycles. The fourth-order valence-corrected chi connectivity index (χ4v) is 0.687. The van der Waals surface area contributed by atoms with E-state index in [1.54, 1.807) is 0 Å². The molecule has 0 spiro atoms. The lowest BCUT2D eigenvalue weighted by Crippen LogP contribution is -1.76. The third kappa shape index (κ3) is 1.58. The van der Waals surface area contributed by atoms with Crippen molar-refractivity contribution in [2.45, 2.75) is 6.42 Å². The summed E-state index contributed by atoms with van der Waals surface area (Å²) in [5.74, 6) is 0. The summed E-state index contributed by atoms with van der Waals surface area (Å²) in [7, 11) is 0. The van der Waals surface area contributed by atoms with Crippen LogP contribution in [0.1, 0.15) is 5.56 Å². The first-order valence-corrected chi connectivity index (χ1v) is 2.84. The summed E-state index contributed by atoms with van der Waals surface area (Å²) >= 11 is 0. The molecule has 44 valence electrons. The first kappa shape index (κ1) is 5.84. The smallest absolute Gasteiger partial charge is 0.0669 e. The molecule has 0 radical (unpaired) electrons. The second kappa shape index (κ2) is 2.88. The van der Waals surface area contributed by atoms with Gasteiger partial charge < -0.3 is 0 Å². The quantitative estimate of drug-likeness (QED) is 0.515. The number of nitrogens with zero attached hydrogens (tertiary/aromatic N) is 1. The number of hydrogen-bond donors (Lipinski definition) is 0. The Morgan fingerprint density at radius 2 is 1.89 bits per heavy atom. The highest BCUT2D eigenvalue weighted by molar-refractivity contribution is 5.17. The summed E-state index contributed by atoms with van der Waals surface area (Å²) in [6, 6.07) is 11.8. The Bertz CT molecular complexity index is 208. The van der Waals surface area contributed by atoms with E-state index in [0.717, 1.165) is 5.56 Å². The molecule has 1 aromatic rings. The van der Waals surface area contributed by atoms with Crippen molar-refractivity contribution >= 4 is 0 Å². The van der Waals surface area contributed by atoms with Crippen LogP contribution in [-0.4, -0.2) is 0 Å². The Morgan fingerprint density at radius 3 is 2.44 bits per heavy atom. The first-order valence-electron chi connectivity index (χ1n) is 2.84. The summed E-state index contributed by atoms with van der Waals surface area (Å²) in [6.07, 6.45) is 0.515. The van der Waals surface area contributed by atoms with Crippen LogP contribution in [0.3, 0.4) is 0 Å². The molecule has 0 bridgehead atoms. The highest BCUT2D eigenvalue weighted by Gasteiger charge is 1.84. The molecule has 0 aliphatic carbocycles. The van der Waals surface area contributed by atoms with Gasteiger partial charge in [-0.3, -0.25) is 0 Å². The van der Waals surface area contributed by atoms with Crippen LogP contribution in [0.5, 0.6) is 0 Å². The van der Waals surface area contributed by atoms with Crippen molar-refractivity contribution in [3.8, 4) is 6.07 Å². The van der Waals surface area contributed by atoms with Gasteiger partial charge in [-0.15, -0.1) is 0 Å². The third-order valence-electron chi connectivity index (χ3n) is 1.13. The lowest BCUT2D eigenvalue weighted by atomic mass is 10.2. The molecule has 0 aliphatic heterocycles. The summed E-state index contributed by atoms with van der Waals surface area (Å²) in [5, 5.41) is 8.27. The van der Waals surface area contributed by atoms with E-state index in [9.17, 15) is 0 Å². The second-order valence-electron chi connectivity index (χ2n) is 1.82. The summed E-state index contributed by atoms with van der Waals surface area (Å²) in [6.45, 7) is 0. The van der Waals surface area contributed by atoms with E-state index in [4.69, 9.17) is 5.26 Å². The lowest BCUT2D eigenvalue weighted by molar-refractivity contribution is 1.26. The summed E-state index contributed by atoms with van der Waals surface area (Å²) in [5.41, 5.74) is 1.08. The van der Waals surface area contributed by atoms with Crippen molar-refractivity contribution in [1.82, 2.24) is 0 Å². The normalized spacial score (nSPS) is 8.33. The Kier molecular flexibility index (Phi) is 1.87. The molecule has 9 heavy (non-hydrogen) atoms. The van der Waals surface area contributed by atoms with Crippen LogP contribution in [0.4, 0.5) is 0 Å². The Hall–Kier alpha value is -1.29. The molecule has 0 saturated carbocycles. The molecule has 0 N–H and O–H groups in total. The molecule has 1 aromatic carbocycles. The molecule has 0 amide bonds. The molecule has 0 atom stereocenters. The van der Waals surface area contributed by atoms with Crippen LogP contribution in [0.2, 0.25) is 0 Å². The zero-order chi connectivity index (χ0) is 6.53. The fourth-order valence-electron chi connectivity index (χ4n) is 0.687. The molecule has 0 aliphatic rings. The van der Waals surface area contributed by atoms with Crippen molar-refractivity contribution in [3.63, 3.8) is 0 Å². The number of nitriles is 1. The van der Waals surface area contributed by atoms with Crippen LogP contribution < -0.4 is 0 Å². The molecular weight excluding hydrogens is 111 g/mol. The summed E-state index contributed by atoms with van der Waals surface area (Å²) in [4.78, 5) is 0. The van der Waals surface area contributed by atoms with Gasteiger partial charge in [-0.25, -0.2) is 0 Å². The largest absolute Gasteiger partial charge is 0.198 e. The van der Waals surface area contributed by atoms with E-state index in [2.05, 4.69) is 6.07 Å². The number of benzene rings is 1. The number of rotatable bonds is 1. The predicted molar refractivity (Wildman–Crippen MR) is 35.8 cm³/mol. The Morgan fingerprint density at radius 1 is 1.22 bits per heavy atom. The van der Waals surface area contributed by atoms with Crippen LogP contribution in [0.25, 0.3) is 0 Å². The zero-order valence-corrected chi connectivity index (χ0v) is 5.04. The molecule has 1 nitrogen and oxygen atoms in total. The van der Waals surface area contributed by atoms with Gasteiger partial charge in [0.05, 0.1) is 12.5 Å². The molecular formula is C8H7N. The molecule has 0 aromatic heterocycles. The maximum Gasteiger partial charge on any atom is 0.0669 e. The topological polar surface area (TPSA) is 23.8 Å². The van der Waals surface area contributed by atoms with Gasteiger partial charge in [0.25, 0.3) is 0 Å². The molecule has 0 unspecified atom stereocenters. The van der Waals surface area contributed by atoms with Crippen molar-refractivity contribution < 1.29 is 0 Å². The predicted octanol–water partition coefficient (Wildman–Crippen LogP) is 1.75. The minimum atomic E-state index is 0.515. The van der Waals surface area contributed by atoms with Gasteiger partial charge in [-0.2, -0.15) is 5.26 Å². The Labute approximate surface area is 54.6 Å². The maximum absolute atomic E-state index is 8.27. The summed E-state index contributed by atoms with van der Waals surface area (Å²) < 4.78 is 0. The van der Waals surface area contributed by atoms with E-state index in [-0.39, 0.29) is 0 Å². The highest BCUT2D eigenvalue weighted by atomic mass is 15.1. The molecule has 0 saturated heterocycles. The third-order valence-corrected chi connectivity index (χ3v) is 1.13. The van der Waals surface area contributed by atoms with E-state index in [0.29, 0.717) is 6.42 Å². The number of hydrogen-bond acceptors (Lipinski definition) is 1. The monoisotopic (exact) mass is 118 g/mol. The average molecular weight is 118 g/mol. The Balaban J connectivity index is 2.76. The molecule has 1 heteroatoms. The van der Waals surface area contributed by atoms with Gasteiger partial charge in [0.15, 0.2) is 0 Å². The van der Waals surface area contributed by atoms with Crippen LogP contribution in [0.15, 0.2) is 30.3 Å². The van der Waals surface area contributed by atoms with Crippen LogP contribution in [0, 0.1) is 11.3 Å². The van der Waals surface area contributed by atoms with Gasteiger partial charge in [0.1, 0.15) is 0 Å². The average Bonchev–Trinajstić information content (AvgIpc) is 1.91. The van der Waals surface area contributed by atoms with Gasteiger partial charge in [-0.05, 0) is 5.56 Å². The van der Waals surface area contributed by atoms with Crippen LogP contribution in [-0.2, 0) is 6.42 Å². The SMILES string of the molecule is [15N]#CCc1ccccc1. The standard InChI is InChI=1S/C8H7N/c9-7-6-8-4-2-1-3-5-8/h1-5H,6H2/i9+1. The maximum atomic E-state index is 8.27. The van der Waals surface area contributed by atoms with Crippen molar-refractivity contribution in [1.29, 1.82) is 5.26 Å². The van der Waals surface area contributed by atoms with E-state index < -0.39 is 0 Å². The zero-order valence-electron chi connectivity index (χ0n) is 5.04. The van der Waals surface area contributed by atoms with Gasteiger partial charge in [0.2, 0.25) is 0 Å². The van der Waals surface area contributed by atoms with Crippen molar-refractivity contribution in [3.05, 3.63) is 35.9 Å². The second-order valence-corrected chi connectivity index (χ2v) is 1.82. The van der Waals surface area contributed by atoms with Gasteiger partial charge >= 0.3 is 0 Å². The van der Waals surface area contributed by atoms with Crippen molar-refractivity contribution in [2.24, 2.45) is 0 Å². The minimum Gasteiger partial charge on any atom is -0.198 e. The molecule has 1 rings (SSSR count).